The molecule has 116 valence electrons. The van der Waals surface area contributed by atoms with E-state index in [0.29, 0.717) is 25.0 Å². The molecule has 19 heavy (non-hydrogen) atoms. The molecule has 0 aromatic heterocycles. The largest absolute Gasteiger partial charge is 0.396 e. The van der Waals surface area contributed by atoms with Crippen molar-refractivity contribution in [2.75, 3.05) is 39.6 Å². The predicted molar refractivity (Wildman–Crippen MR) is 70.4 cm³/mol. The van der Waals surface area contributed by atoms with Crippen LogP contribution in [-0.4, -0.2) is 70.3 Å². The Balaban J connectivity index is 0.000000344. The highest BCUT2D eigenvalue weighted by Gasteiger charge is 2.26. The second kappa shape index (κ2) is 10.5. The average molecular weight is 280 g/mol. The Morgan fingerprint density at radius 2 is 0.842 bits per heavy atom. The van der Waals surface area contributed by atoms with Crippen molar-refractivity contribution in [2.24, 2.45) is 17.3 Å². The summed E-state index contributed by atoms with van der Waals surface area (Å²) in [7, 11) is 0. The highest BCUT2D eigenvalue weighted by atomic mass is 16.3. The molecule has 6 heteroatoms. The Morgan fingerprint density at radius 3 is 0.947 bits per heavy atom. The molecule has 0 radical (unpaired) electrons. The minimum Gasteiger partial charge on any atom is -0.396 e. The normalized spacial score (nSPS) is 23.7. The standard InChI is InChI=1S/C8H16O2.C5H12O4/c9-5-7-1-2-8(6-10)4-3-7;6-1-5(2-7,3-8)4-9/h7-10H,1-6H2;6-9H,1-4H2. The lowest BCUT2D eigenvalue weighted by atomic mass is 9.83. The zero-order valence-corrected chi connectivity index (χ0v) is 11.4. The van der Waals surface area contributed by atoms with Gasteiger partial charge in [-0.2, -0.15) is 0 Å². The molecule has 0 aromatic rings. The molecule has 0 bridgehead atoms. The van der Waals surface area contributed by atoms with Gasteiger partial charge in [0.25, 0.3) is 0 Å². The molecular formula is C13H28O6. The molecule has 1 aliphatic rings. The van der Waals surface area contributed by atoms with Crippen LogP contribution >= 0.6 is 0 Å². The fraction of sp³-hybridized carbons (Fsp3) is 1.00. The quantitative estimate of drug-likeness (QED) is 0.360. The van der Waals surface area contributed by atoms with E-state index < -0.39 is 31.8 Å². The SMILES string of the molecule is OCC(CO)(CO)CO.OCC1CCC(CO)CC1. The summed E-state index contributed by atoms with van der Waals surface area (Å²) >= 11 is 0. The second-order valence-corrected chi connectivity index (χ2v) is 5.38. The molecule has 1 fully saturated rings. The number of hydrogen-bond acceptors (Lipinski definition) is 6. The molecule has 0 aliphatic heterocycles. The van der Waals surface area contributed by atoms with Crippen LogP contribution in [0.3, 0.4) is 0 Å². The number of aliphatic hydroxyl groups is 6. The summed E-state index contributed by atoms with van der Waals surface area (Å²) in [4.78, 5) is 0. The first-order valence-corrected chi connectivity index (χ1v) is 6.76. The molecule has 1 rings (SSSR count). The van der Waals surface area contributed by atoms with Crippen molar-refractivity contribution < 1.29 is 30.6 Å². The van der Waals surface area contributed by atoms with Crippen LogP contribution in [0.5, 0.6) is 0 Å². The summed E-state index contributed by atoms with van der Waals surface area (Å²) in [5.74, 6) is 1.03. The molecule has 0 atom stereocenters. The summed E-state index contributed by atoms with van der Waals surface area (Å²) in [6, 6.07) is 0. The van der Waals surface area contributed by atoms with Gasteiger partial charge in [0.1, 0.15) is 0 Å². The second-order valence-electron chi connectivity index (χ2n) is 5.38. The molecule has 0 heterocycles. The van der Waals surface area contributed by atoms with Crippen LogP contribution in [0.4, 0.5) is 0 Å². The zero-order chi connectivity index (χ0) is 14.7. The van der Waals surface area contributed by atoms with Crippen molar-refractivity contribution in [1.29, 1.82) is 0 Å². The van der Waals surface area contributed by atoms with E-state index in [1.165, 1.54) is 0 Å². The molecular weight excluding hydrogens is 252 g/mol. The number of rotatable bonds is 6. The van der Waals surface area contributed by atoms with Crippen molar-refractivity contribution in [3.8, 4) is 0 Å². The van der Waals surface area contributed by atoms with E-state index >= 15 is 0 Å². The Morgan fingerprint density at radius 1 is 0.579 bits per heavy atom. The van der Waals surface area contributed by atoms with Gasteiger partial charge in [-0.1, -0.05) is 0 Å². The van der Waals surface area contributed by atoms with Crippen LogP contribution in [0.25, 0.3) is 0 Å². The van der Waals surface area contributed by atoms with Crippen LogP contribution in [0.2, 0.25) is 0 Å². The van der Waals surface area contributed by atoms with Gasteiger partial charge in [0.05, 0.1) is 31.8 Å². The van der Waals surface area contributed by atoms with Crippen LogP contribution in [0.15, 0.2) is 0 Å². The van der Waals surface area contributed by atoms with E-state index in [9.17, 15) is 0 Å². The monoisotopic (exact) mass is 280 g/mol. The third-order valence-electron chi connectivity index (χ3n) is 3.82. The van der Waals surface area contributed by atoms with Gasteiger partial charge < -0.3 is 30.6 Å². The van der Waals surface area contributed by atoms with E-state index in [0.717, 1.165) is 25.7 Å². The van der Waals surface area contributed by atoms with Gasteiger partial charge in [0, 0.05) is 13.2 Å². The molecule has 0 spiro atoms. The van der Waals surface area contributed by atoms with Gasteiger partial charge in [-0.15, -0.1) is 0 Å². The van der Waals surface area contributed by atoms with Crippen LogP contribution in [-0.2, 0) is 0 Å². The lowest BCUT2D eigenvalue weighted by Crippen LogP contribution is -2.37. The Hall–Kier alpha value is -0.240. The molecule has 6 N–H and O–H groups in total. The third-order valence-corrected chi connectivity index (χ3v) is 3.82. The topological polar surface area (TPSA) is 121 Å². The molecule has 1 saturated carbocycles. The minimum atomic E-state index is -1.11. The Labute approximate surface area is 114 Å². The number of aliphatic hydroxyl groups excluding tert-OH is 6. The van der Waals surface area contributed by atoms with E-state index in [1.54, 1.807) is 0 Å². The fourth-order valence-electron chi connectivity index (χ4n) is 1.90. The third kappa shape index (κ3) is 6.65. The molecule has 0 amide bonds. The molecule has 0 unspecified atom stereocenters. The average Bonchev–Trinajstić information content (AvgIpc) is 2.51. The van der Waals surface area contributed by atoms with Crippen molar-refractivity contribution in [1.82, 2.24) is 0 Å². The maximum atomic E-state index is 8.79. The molecule has 1 aliphatic carbocycles. The van der Waals surface area contributed by atoms with Gasteiger partial charge >= 0.3 is 0 Å². The van der Waals surface area contributed by atoms with Crippen LogP contribution in [0.1, 0.15) is 25.7 Å². The van der Waals surface area contributed by atoms with E-state index in [2.05, 4.69) is 0 Å². The van der Waals surface area contributed by atoms with Gasteiger partial charge in [0.2, 0.25) is 0 Å². The van der Waals surface area contributed by atoms with Crippen LogP contribution in [0, 0.1) is 17.3 Å². The fourth-order valence-corrected chi connectivity index (χ4v) is 1.90. The summed E-state index contributed by atoms with van der Waals surface area (Å²) in [5, 5.41) is 51.6. The first kappa shape index (κ1) is 18.8. The van der Waals surface area contributed by atoms with Crippen molar-refractivity contribution >= 4 is 0 Å². The van der Waals surface area contributed by atoms with Crippen molar-refractivity contribution in [3.63, 3.8) is 0 Å². The Bertz CT molecular complexity index is 170. The molecule has 0 aromatic carbocycles. The molecule has 6 nitrogen and oxygen atoms in total. The van der Waals surface area contributed by atoms with Gasteiger partial charge in [-0.25, -0.2) is 0 Å². The van der Waals surface area contributed by atoms with Crippen molar-refractivity contribution in [3.05, 3.63) is 0 Å². The first-order chi connectivity index (χ1) is 9.11. The molecule has 0 saturated heterocycles. The zero-order valence-electron chi connectivity index (χ0n) is 11.4. The van der Waals surface area contributed by atoms with E-state index in [4.69, 9.17) is 30.6 Å². The van der Waals surface area contributed by atoms with Gasteiger partial charge in [-0.05, 0) is 37.5 Å². The predicted octanol–water partition coefficient (Wildman–Crippen LogP) is -1.28. The summed E-state index contributed by atoms with van der Waals surface area (Å²) in [6.45, 7) is -0.962. The van der Waals surface area contributed by atoms with E-state index in [1.807, 2.05) is 0 Å². The smallest absolute Gasteiger partial charge is 0.0627 e. The Kier molecular flexibility index (Phi) is 10.4. The maximum Gasteiger partial charge on any atom is 0.0627 e. The van der Waals surface area contributed by atoms with E-state index in [-0.39, 0.29) is 0 Å². The lowest BCUT2D eigenvalue weighted by molar-refractivity contribution is -0.0328. The maximum absolute atomic E-state index is 8.79. The number of hydrogen-bond donors (Lipinski definition) is 6. The van der Waals surface area contributed by atoms with Gasteiger partial charge in [0.15, 0.2) is 0 Å². The highest BCUT2D eigenvalue weighted by Crippen LogP contribution is 2.27. The summed E-state index contributed by atoms with van der Waals surface area (Å²) in [6.07, 6.45) is 4.40. The van der Waals surface area contributed by atoms with Gasteiger partial charge in [-0.3, -0.25) is 0 Å². The highest BCUT2D eigenvalue weighted by molar-refractivity contribution is 4.75. The van der Waals surface area contributed by atoms with Crippen molar-refractivity contribution in [2.45, 2.75) is 25.7 Å². The first-order valence-electron chi connectivity index (χ1n) is 6.76. The lowest BCUT2D eigenvalue weighted by Gasteiger charge is -2.25. The summed E-state index contributed by atoms with van der Waals surface area (Å²) < 4.78 is 0. The minimum absolute atomic E-state index is 0.331. The summed E-state index contributed by atoms with van der Waals surface area (Å²) in [5.41, 5.74) is -1.11. The van der Waals surface area contributed by atoms with Crippen LogP contribution < -0.4 is 0 Å².